The van der Waals surface area contributed by atoms with Crippen molar-refractivity contribution in [3.8, 4) is 11.5 Å². The largest absolute Gasteiger partial charge is 0.493 e. The third-order valence-electron chi connectivity index (χ3n) is 3.06. The van der Waals surface area contributed by atoms with E-state index in [1.165, 1.54) is 13.2 Å². The van der Waals surface area contributed by atoms with Crippen molar-refractivity contribution in [3.05, 3.63) is 63.7 Å². The molecule has 6 heteroatoms. The first-order valence-corrected chi connectivity index (χ1v) is 6.38. The summed E-state index contributed by atoms with van der Waals surface area (Å²) < 4.78 is 11.0. The first-order valence-electron chi connectivity index (χ1n) is 6.38. The zero-order valence-corrected chi connectivity index (χ0v) is 11.6. The molecule has 0 saturated carbocycles. The van der Waals surface area contributed by atoms with Gasteiger partial charge in [0.15, 0.2) is 11.5 Å². The van der Waals surface area contributed by atoms with Gasteiger partial charge in [-0.3, -0.25) is 10.1 Å². The van der Waals surface area contributed by atoms with Crippen molar-refractivity contribution in [2.24, 2.45) is 5.73 Å². The van der Waals surface area contributed by atoms with Crippen LogP contribution in [0.25, 0.3) is 0 Å². The fraction of sp³-hybridized carbons (Fsp3) is 0.200. The van der Waals surface area contributed by atoms with Gasteiger partial charge in [0.2, 0.25) is 0 Å². The van der Waals surface area contributed by atoms with Crippen LogP contribution in [0.15, 0.2) is 42.5 Å². The Morgan fingerprint density at radius 1 is 1.14 bits per heavy atom. The molecule has 0 bridgehead atoms. The van der Waals surface area contributed by atoms with Gasteiger partial charge >= 0.3 is 0 Å². The Labute approximate surface area is 122 Å². The van der Waals surface area contributed by atoms with Crippen molar-refractivity contribution < 1.29 is 14.4 Å². The van der Waals surface area contributed by atoms with Gasteiger partial charge < -0.3 is 15.2 Å². The van der Waals surface area contributed by atoms with Crippen molar-refractivity contribution in [1.29, 1.82) is 0 Å². The molecule has 2 aromatic rings. The minimum atomic E-state index is -0.426. The topological polar surface area (TPSA) is 87.6 Å². The predicted molar refractivity (Wildman–Crippen MR) is 78.3 cm³/mol. The van der Waals surface area contributed by atoms with Crippen LogP contribution < -0.4 is 15.2 Å². The second kappa shape index (κ2) is 6.71. The summed E-state index contributed by atoms with van der Waals surface area (Å²) in [4.78, 5) is 10.6. The maximum absolute atomic E-state index is 11.0. The van der Waals surface area contributed by atoms with Gasteiger partial charge in [0.05, 0.1) is 17.6 Å². The van der Waals surface area contributed by atoms with E-state index in [-0.39, 0.29) is 12.3 Å². The summed E-state index contributed by atoms with van der Waals surface area (Å²) in [7, 11) is 1.54. The molecule has 0 aliphatic rings. The molecule has 0 radical (unpaired) electrons. The van der Waals surface area contributed by atoms with Crippen LogP contribution in [0.2, 0.25) is 0 Å². The minimum absolute atomic E-state index is 0.0293. The van der Waals surface area contributed by atoms with Crippen LogP contribution in [-0.2, 0) is 13.2 Å². The molecule has 2 aromatic carbocycles. The molecule has 6 nitrogen and oxygen atoms in total. The lowest BCUT2D eigenvalue weighted by molar-refractivity contribution is -0.385. The summed E-state index contributed by atoms with van der Waals surface area (Å²) in [5.74, 6) is 1.07. The number of rotatable bonds is 6. The molecule has 0 aliphatic carbocycles. The second-order valence-corrected chi connectivity index (χ2v) is 4.33. The number of nitrogens with two attached hydrogens (primary N) is 1. The number of nitro groups is 1. The molecule has 0 atom stereocenters. The lowest BCUT2D eigenvalue weighted by atomic mass is 10.1. The first-order chi connectivity index (χ1) is 10.2. The number of benzene rings is 2. The minimum Gasteiger partial charge on any atom is -0.493 e. The smallest absolute Gasteiger partial charge is 0.276 e. The van der Waals surface area contributed by atoms with Gasteiger partial charge in [-0.2, -0.15) is 0 Å². The van der Waals surface area contributed by atoms with Crippen LogP contribution in [0.1, 0.15) is 11.1 Å². The summed E-state index contributed by atoms with van der Waals surface area (Å²) in [5, 5.41) is 11.0. The molecule has 0 aromatic heterocycles. The number of ether oxygens (including phenoxy) is 2. The Hall–Kier alpha value is -2.60. The van der Waals surface area contributed by atoms with Crippen LogP contribution in [0.3, 0.4) is 0 Å². The standard InChI is InChI=1S/C15H16N2O4/c1-20-14-8-4-6-11(9-16)15(14)21-10-12-5-2-3-7-13(12)17(18)19/h2-8H,9-10,16H2,1H3. The molecule has 2 N–H and O–H groups in total. The zero-order chi connectivity index (χ0) is 15.2. The number of para-hydroxylation sites is 2. The number of nitrogens with zero attached hydrogens (tertiary/aromatic N) is 1. The summed E-state index contributed by atoms with van der Waals surface area (Å²) in [6.07, 6.45) is 0. The van der Waals surface area contributed by atoms with Crippen molar-refractivity contribution in [1.82, 2.24) is 0 Å². The van der Waals surface area contributed by atoms with Crippen LogP contribution in [0.5, 0.6) is 11.5 Å². The lowest BCUT2D eigenvalue weighted by Gasteiger charge is -2.14. The Morgan fingerprint density at radius 2 is 1.86 bits per heavy atom. The fourth-order valence-electron chi connectivity index (χ4n) is 2.01. The molecule has 2 rings (SSSR count). The van der Waals surface area contributed by atoms with Gasteiger partial charge in [0.1, 0.15) is 6.61 Å². The van der Waals surface area contributed by atoms with Gasteiger partial charge in [0.25, 0.3) is 5.69 Å². The molecular weight excluding hydrogens is 272 g/mol. The Morgan fingerprint density at radius 3 is 2.52 bits per heavy atom. The van der Waals surface area contributed by atoms with E-state index >= 15 is 0 Å². The highest BCUT2D eigenvalue weighted by Crippen LogP contribution is 2.32. The van der Waals surface area contributed by atoms with Crippen molar-refractivity contribution in [2.45, 2.75) is 13.2 Å². The monoisotopic (exact) mass is 288 g/mol. The molecule has 21 heavy (non-hydrogen) atoms. The third kappa shape index (κ3) is 3.29. The number of methoxy groups -OCH3 is 1. The highest BCUT2D eigenvalue weighted by molar-refractivity contribution is 5.47. The normalized spacial score (nSPS) is 10.2. The molecule has 0 amide bonds. The van der Waals surface area contributed by atoms with Crippen LogP contribution in [0, 0.1) is 10.1 Å². The fourth-order valence-corrected chi connectivity index (χ4v) is 2.01. The quantitative estimate of drug-likeness (QED) is 0.652. The first kappa shape index (κ1) is 14.8. The van der Waals surface area contributed by atoms with Crippen molar-refractivity contribution in [3.63, 3.8) is 0 Å². The van der Waals surface area contributed by atoms with E-state index in [0.29, 0.717) is 23.6 Å². The van der Waals surface area contributed by atoms with E-state index in [1.807, 2.05) is 12.1 Å². The number of hydrogen-bond acceptors (Lipinski definition) is 5. The molecule has 110 valence electrons. The Bertz CT molecular complexity index is 621. The van der Waals surface area contributed by atoms with E-state index in [4.69, 9.17) is 15.2 Å². The van der Waals surface area contributed by atoms with E-state index in [1.54, 1.807) is 24.3 Å². The molecule has 0 heterocycles. The highest BCUT2D eigenvalue weighted by atomic mass is 16.6. The van der Waals surface area contributed by atoms with Crippen LogP contribution in [-0.4, -0.2) is 12.0 Å². The zero-order valence-electron chi connectivity index (χ0n) is 11.6. The van der Waals surface area contributed by atoms with Crippen molar-refractivity contribution in [2.75, 3.05) is 7.11 Å². The Balaban J connectivity index is 2.26. The van der Waals surface area contributed by atoms with Gasteiger partial charge in [-0.25, -0.2) is 0 Å². The van der Waals surface area contributed by atoms with Gasteiger partial charge in [-0.05, 0) is 12.1 Å². The molecule has 0 aliphatic heterocycles. The van der Waals surface area contributed by atoms with Crippen molar-refractivity contribution >= 4 is 5.69 Å². The maximum Gasteiger partial charge on any atom is 0.276 e. The summed E-state index contributed by atoms with van der Waals surface area (Å²) in [6.45, 7) is 0.369. The van der Waals surface area contributed by atoms with E-state index < -0.39 is 4.92 Å². The Kier molecular flexibility index (Phi) is 4.73. The highest BCUT2D eigenvalue weighted by Gasteiger charge is 2.15. The summed E-state index contributed by atoms with van der Waals surface area (Å²) in [6, 6.07) is 11.9. The van der Waals surface area contributed by atoms with Crippen LogP contribution >= 0.6 is 0 Å². The lowest BCUT2D eigenvalue weighted by Crippen LogP contribution is -2.05. The average molecular weight is 288 g/mol. The molecular formula is C15H16N2O4. The summed E-state index contributed by atoms with van der Waals surface area (Å²) >= 11 is 0. The van der Waals surface area contributed by atoms with Gasteiger partial charge in [0, 0.05) is 18.2 Å². The molecule has 0 unspecified atom stereocenters. The van der Waals surface area contributed by atoms with Crippen LogP contribution in [0.4, 0.5) is 5.69 Å². The van der Waals surface area contributed by atoms with E-state index in [9.17, 15) is 10.1 Å². The van der Waals surface area contributed by atoms with E-state index in [0.717, 1.165) is 5.56 Å². The van der Waals surface area contributed by atoms with Gasteiger partial charge in [-0.15, -0.1) is 0 Å². The molecule has 0 fully saturated rings. The average Bonchev–Trinajstić information content (AvgIpc) is 2.52. The molecule has 0 spiro atoms. The number of hydrogen-bond donors (Lipinski definition) is 1. The number of nitro benzene ring substituents is 1. The third-order valence-corrected chi connectivity index (χ3v) is 3.06. The summed E-state index contributed by atoms with van der Waals surface area (Å²) in [5.41, 5.74) is 6.99. The van der Waals surface area contributed by atoms with E-state index in [2.05, 4.69) is 0 Å². The SMILES string of the molecule is COc1cccc(CN)c1OCc1ccccc1[N+](=O)[O-]. The van der Waals surface area contributed by atoms with Gasteiger partial charge in [-0.1, -0.05) is 24.3 Å². The molecule has 0 saturated heterocycles. The predicted octanol–water partition coefficient (Wildman–Crippen LogP) is 2.64. The maximum atomic E-state index is 11.0. The second-order valence-electron chi connectivity index (χ2n) is 4.33.